The zero-order valence-electron chi connectivity index (χ0n) is 10.8. The molecule has 5 heteroatoms. The Bertz CT molecular complexity index is 587. The first kappa shape index (κ1) is 11.7. The second-order valence-corrected chi connectivity index (χ2v) is 5.55. The van der Waals surface area contributed by atoms with Crippen molar-refractivity contribution in [2.75, 3.05) is 0 Å². The molecule has 1 aromatic rings. The lowest BCUT2D eigenvalue weighted by atomic mass is 10.00. The van der Waals surface area contributed by atoms with Crippen LogP contribution in [0, 0.1) is 5.92 Å². The highest BCUT2D eigenvalue weighted by Gasteiger charge is 2.32. The minimum atomic E-state index is -0.228. The Balaban J connectivity index is 2.21. The molecule has 4 bridgehead atoms. The zero-order valence-corrected chi connectivity index (χ0v) is 10.8. The molecule has 2 unspecified atom stereocenters. The van der Waals surface area contributed by atoms with Gasteiger partial charge in [-0.1, -0.05) is 6.92 Å². The fourth-order valence-corrected chi connectivity index (χ4v) is 3.07. The van der Waals surface area contributed by atoms with Gasteiger partial charge in [-0.15, -0.1) is 0 Å². The molecule has 3 rings (SSSR count). The van der Waals surface area contributed by atoms with Gasteiger partial charge in [-0.2, -0.15) is 0 Å². The summed E-state index contributed by atoms with van der Waals surface area (Å²) in [5, 5.41) is 0. The first-order chi connectivity index (χ1) is 8.56. The van der Waals surface area contributed by atoms with Gasteiger partial charge in [0.25, 0.3) is 5.56 Å². The Morgan fingerprint density at radius 2 is 2.11 bits per heavy atom. The standard InChI is InChI=1S/C13H18N2O3/c1-8-5-9-3-4-11(18-9)10-7-15(6-8)13(17)14(2)12(10)16/h7-9,11H,3-6H2,1-2H3/t8?,9?,11-/m1/s1. The average molecular weight is 250 g/mol. The number of ether oxygens (including phenoxy) is 1. The highest BCUT2D eigenvalue weighted by atomic mass is 16.5. The lowest BCUT2D eigenvalue weighted by Gasteiger charge is -2.16. The monoisotopic (exact) mass is 250 g/mol. The molecule has 1 fully saturated rings. The summed E-state index contributed by atoms with van der Waals surface area (Å²) in [5.41, 5.74) is 0.193. The van der Waals surface area contributed by atoms with E-state index in [0.29, 0.717) is 18.0 Å². The smallest absolute Gasteiger partial charge is 0.330 e. The maximum Gasteiger partial charge on any atom is 0.330 e. The summed E-state index contributed by atoms with van der Waals surface area (Å²) in [5.74, 6) is 0.384. The largest absolute Gasteiger partial charge is 0.370 e. The summed E-state index contributed by atoms with van der Waals surface area (Å²) in [7, 11) is 1.54. The van der Waals surface area contributed by atoms with Crippen LogP contribution in [0.25, 0.3) is 0 Å². The van der Waals surface area contributed by atoms with Crippen LogP contribution in [-0.2, 0) is 18.3 Å². The summed E-state index contributed by atoms with van der Waals surface area (Å²) in [6, 6.07) is 0. The molecule has 3 heterocycles. The van der Waals surface area contributed by atoms with E-state index >= 15 is 0 Å². The second-order valence-electron chi connectivity index (χ2n) is 5.55. The molecule has 18 heavy (non-hydrogen) atoms. The first-order valence-corrected chi connectivity index (χ1v) is 6.52. The van der Waals surface area contributed by atoms with Gasteiger partial charge in [0.15, 0.2) is 0 Å². The third-order valence-corrected chi connectivity index (χ3v) is 4.01. The quantitative estimate of drug-likeness (QED) is 0.684. The van der Waals surface area contributed by atoms with Crippen molar-refractivity contribution in [1.82, 2.24) is 9.13 Å². The van der Waals surface area contributed by atoms with Crippen molar-refractivity contribution in [1.29, 1.82) is 0 Å². The van der Waals surface area contributed by atoms with Gasteiger partial charge in [0.05, 0.1) is 17.8 Å². The predicted octanol–water partition coefficient (Wildman–Crippen LogP) is 0.807. The highest BCUT2D eigenvalue weighted by Crippen LogP contribution is 2.34. The van der Waals surface area contributed by atoms with Gasteiger partial charge in [0, 0.05) is 19.8 Å². The molecule has 0 amide bonds. The van der Waals surface area contributed by atoms with E-state index in [4.69, 9.17) is 4.74 Å². The van der Waals surface area contributed by atoms with Crippen molar-refractivity contribution in [2.45, 2.75) is 44.9 Å². The van der Waals surface area contributed by atoms with Crippen LogP contribution >= 0.6 is 0 Å². The third kappa shape index (κ3) is 1.73. The van der Waals surface area contributed by atoms with Crippen LogP contribution in [-0.4, -0.2) is 15.2 Å². The molecule has 0 saturated carbocycles. The van der Waals surface area contributed by atoms with Crippen molar-refractivity contribution in [3.63, 3.8) is 0 Å². The van der Waals surface area contributed by atoms with Gasteiger partial charge in [-0.05, 0) is 25.2 Å². The number of hydrogen-bond donors (Lipinski definition) is 0. The fourth-order valence-electron chi connectivity index (χ4n) is 3.07. The van der Waals surface area contributed by atoms with Gasteiger partial charge in [-0.25, -0.2) is 4.79 Å². The molecular weight excluding hydrogens is 232 g/mol. The summed E-state index contributed by atoms with van der Waals surface area (Å²) in [6.07, 6.45) is 4.66. The number of aromatic nitrogens is 2. The molecule has 2 aliphatic rings. The van der Waals surface area contributed by atoms with Crippen molar-refractivity contribution in [3.8, 4) is 0 Å². The van der Waals surface area contributed by atoms with E-state index in [9.17, 15) is 9.59 Å². The average Bonchev–Trinajstić information content (AvgIpc) is 2.79. The van der Waals surface area contributed by atoms with Gasteiger partial charge < -0.3 is 4.74 Å². The molecular formula is C13H18N2O3. The Morgan fingerprint density at radius 1 is 1.33 bits per heavy atom. The van der Waals surface area contributed by atoms with E-state index in [2.05, 4.69) is 6.92 Å². The van der Waals surface area contributed by atoms with Crippen LogP contribution in [0.15, 0.2) is 15.8 Å². The predicted molar refractivity (Wildman–Crippen MR) is 66.6 cm³/mol. The summed E-state index contributed by atoms with van der Waals surface area (Å²) in [6.45, 7) is 2.78. The minimum absolute atomic E-state index is 0.133. The Kier molecular flexibility index (Phi) is 2.66. The molecule has 2 aliphatic heterocycles. The highest BCUT2D eigenvalue weighted by molar-refractivity contribution is 5.12. The summed E-state index contributed by atoms with van der Waals surface area (Å²) >= 11 is 0. The Labute approximate surface area is 105 Å². The molecule has 0 N–H and O–H groups in total. The molecule has 1 aromatic heterocycles. The Hall–Kier alpha value is -1.36. The first-order valence-electron chi connectivity index (χ1n) is 6.52. The minimum Gasteiger partial charge on any atom is -0.370 e. The molecule has 0 aromatic carbocycles. The van der Waals surface area contributed by atoms with Gasteiger partial charge in [0.1, 0.15) is 0 Å². The van der Waals surface area contributed by atoms with E-state index in [1.807, 2.05) is 0 Å². The van der Waals surface area contributed by atoms with Crippen LogP contribution in [0.1, 0.15) is 37.9 Å². The van der Waals surface area contributed by atoms with Gasteiger partial charge in [-0.3, -0.25) is 13.9 Å². The molecule has 0 aliphatic carbocycles. The van der Waals surface area contributed by atoms with Crippen LogP contribution in [0.5, 0.6) is 0 Å². The Morgan fingerprint density at radius 3 is 2.89 bits per heavy atom. The summed E-state index contributed by atoms with van der Waals surface area (Å²) in [4.78, 5) is 24.1. The zero-order chi connectivity index (χ0) is 12.9. The van der Waals surface area contributed by atoms with Crippen molar-refractivity contribution >= 4 is 0 Å². The lowest BCUT2D eigenvalue weighted by Crippen LogP contribution is -2.40. The van der Waals surface area contributed by atoms with Crippen LogP contribution in [0.3, 0.4) is 0 Å². The van der Waals surface area contributed by atoms with E-state index < -0.39 is 0 Å². The topological polar surface area (TPSA) is 53.2 Å². The van der Waals surface area contributed by atoms with E-state index in [1.165, 1.54) is 4.57 Å². The normalized spacial score (nSPS) is 30.7. The number of rotatable bonds is 0. The molecule has 1 saturated heterocycles. The number of fused-ring (bicyclic) bond motifs is 5. The van der Waals surface area contributed by atoms with E-state index in [-0.39, 0.29) is 23.5 Å². The third-order valence-electron chi connectivity index (χ3n) is 4.01. The lowest BCUT2D eigenvalue weighted by molar-refractivity contribution is 0.0320. The van der Waals surface area contributed by atoms with Gasteiger partial charge >= 0.3 is 5.69 Å². The molecule has 3 atom stereocenters. The molecule has 0 radical (unpaired) electrons. The molecule has 98 valence electrons. The van der Waals surface area contributed by atoms with Crippen LogP contribution in [0.2, 0.25) is 0 Å². The van der Waals surface area contributed by atoms with Crippen LogP contribution < -0.4 is 11.2 Å². The van der Waals surface area contributed by atoms with Crippen LogP contribution in [0.4, 0.5) is 0 Å². The second kappa shape index (κ2) is 4.09. The van der Waals surface area contributed by atoms with Crippen molar-refractivity contribution in [2.24, 2.45) is 13.0 Å². The fraction of sp³-hybridized carbons (Fsp3) is 0.692. The number of hydrogen-bond acceptors (Lipinski definition) is 3. The molecule has 5 nitrogen and oxygen atoms in total. The number of nitrogens with zero attached hydrogens (tertiary/aromatic N) is 2. The van der Waals surface area contributed by atoms with Crippen molar-refractivity contribution in [3.05, 3.63) is 32.6 Å². The van der Waals surface area contributed by atoms with E-state index in [1.54, 1.807) is 17.8 Å². The van der Waals surface area contributed by atoms with E-state index in [0.717, 1.165) is 19.3 Å². The summed E-state index contributed by atoms with van der Waals surface area (Å²) < 4.78 is 8.80. The SMILES string of the molecule is CC1CC2CC[C@@H](O2)c2cn(c(=O)n(C)c2=O)C1. The molecule has 0 spiro atoms. The maximum absolute atomic E-state index is 12.1. The van der Waals surface area contributed by atoms with Gasteiger partial charge in [0.2, 0.25) is 0 Å². The van der Waals surface area contributed by atoms with Crippen molar-refractivity contribution < 1.29 is 4.74 Å². The maximum atomic E-state index is 12.1.